The fraction of sp³-hybridized carbons (Fsp3) is 0.0455. The molecule has 1 aromatic heterocycles. The van der Waals surface area contributed by atoms with Crippen molar-refractivity contribution in [1.29, 1.82) is 0 Å². The zero-order valence-electron chi connectivity index (χ0n) is 16.2. The summed E-state index contributed by atoms with van der Waals surface area (Å²) in [6.45, 7) is 0.208. The third-order valence-corrected chi connectivity index (χ3v) is 6.66. The number of hydrogen-bond donors (Lipinski definition) is 1. The number of halogens is 3. The Labute approximate surface area is 209 Å². The van der Waals surface area contributed by atoms with Crippen molar-refractivity contribution < 1.29 is 14.3 Å². The predicted octanol–water partition coefficient (Wildman–Crippen LogP) is 6.67. The number of carbonyl (C=O) groups is 1. The zero-order valence-corrected chi connectivity index (χ0v) is 20.9. The zero-order chi connectivity index (χ0) is 22.7. The number of benzene rings is 2. The lowest BCUT2D eigenvalue weighted by Crippen LogP contribution is -2.28. The summed E-state index contributed by atoms with van der Waals surface area (Å²) in [7, 11) is 0. The number of phenolic OH excluding ortho intramolecular Hbond substituents is 1. The highest BCUT2D eigenvalue weighted by molar-refractivity contribution is 9.11. The van der Waals surface area contributed by atoms with E-state index in [9.17, 15) is 9.90 Å². The molecule has 0 aliphatic carbocycles. The largest absolute Gasteiger partial charge is 0.506 e. The van der Waals surface area contributed by atoms with Gasteiger partial charge < -0.3 is 9.52 Å². The number of phenols is 1. The summed E-state index contributed by atoms with van der Waals surface area (Å²) >= 11 is 13.8. The highest BCUT2D eigenvalue weighted by Gasteiger charge is 2.34. The van der Waals surface area contributed by atoms with Crippen LogP contribution in [0.25, 0.3) is 6.08 Å². The van der Waals surface area contributed by atoms with Gasteiger partial charge in [-0.3, -0.25) is 9.69 Å². The van der Waals surface area contributed by atoms with E-state index in [-0.39, 0.29) is 18.2 Å². The first-order valence-corrected chi connectivity index (χ1v) is 12.0. The molecule has 1 saturated heterocycles. The summed E-state index contributed by atoms with van der Waals surface area (Å²) in [5, 5.41) is 19.8. The molecule has 3 aromatic rings. The topological polar surface area (TPSA) is 78.4 Å². The van der Waals surface area contributed by atoms with E-state index >= 15 is 0 Å². The Kier molecular flexibility index (Phi) is 7.20. The van der Waals surface area contributed by atoms with Gasteiger partial charge in [0.25, 0.3) is 5.91 Å². The van der Waals surface area contributed by atoms with Crippen LogP contribution < -0.4 is 0 Å². The molecule has 0 atom stereocenters. The molecule has 1 aliphatic rings. The van der Waals surface area contributed by atoms with Gasteiger partial charge in [-0.25, -0.2) is 0 Å². The molecule has 0 bridgehead atoms. The van der Waals surface area contributed by atoms with Gasteiger partial charge in [-0.2, -0.15) is 5.10 Å². The third-order valence-electron chi connectivity index (χ3n) is 4.35. The molecular weight excluding hydrogens is 582 g/mol. The number of carbonyl (C=O) groups excluding carboxylic acids is 1. The molecule has 0 radical (unpaired) electrons. The van der Waals surface area contributed by atoms with Crippen LogP contribution in [0.2, 0.25) is 5.02 Å². The van der Waals surface area contributed by atoms with Crippen LogP contribution in [0.3, 0.4) is 0 Å². The summed E-state index contributed by atoms with van der Waals surface area (Å²) < 4.78 is 6.68. The molecule has 0 unspecified atom stereocenters. The second kappa shape index (κ2) is 10.1. The van der Waals surface area contributed by atoms with E-state index in [4.69, 9.17) is 16.0 Å². The average Bonchev–Trinajstić information content (AvgIpc) is 3.37. The second-order valence-corrected chi connectivity index (χ2v) is 9.80. The van der Waals surface area contributed by atoms with Gasteiger partial charge in [-0.15, -0.1) is 5.10 Å². The molecule has 162 valence electrons. The first-order valence-electron chi connectivity index (χ1n) is 9.19. The standard InChI is InChI=1S/C22H14Br2ClN3O3S/c23-15-8-14(20(29)18(24)10-15)9-19-21(30)28(12-17-2-1-7-31-17)22(32-19)27-26-11-13-3-5-16(25)6-4-13/h1-11,29H,12H2/b19-9-,26-11-,27-22+. The minimum Gasteiger partial charge on any atom is -0.506 e. The van der Waals surface area contributed by atoms with Gasteiger partial charge in [-0.1, -0.05) is 39.7 Å². The first-order chi connectivity index (χ1) is 15.4. The molecule has 1 aliphatic heterocycles. The van der Waals surface area contributed by atoms with E-state index in [0.29, 0.717) is 30.9 Å². The van der Waals surface area contributed by atoms with E-state index in [1.165, 1.54) is 16.7 Å². The van der Waals surface area contributed by atoms with Gasteiger partial charge in [0.15, 0.2) is 5.17 Å². The minimum absolute atomic E-state index is 0.0397. The Balaban J connectivity index is 1.66. The van der Waals surface area contributed by atoms with Crippen molar-refractivity contribution in [3.05, 3.63) is 90.6 Å². The van der Waals surface area contributed by atoms with E-state index in [1.54, 1.807) is 55.0 Å². The maximum absolute atomic E-state index is 13.1. The lowest BCUT2D eigenvalue weighted by atomic mass is 10.2. The van der Waals surface area contributed by atoms with Crippen molar-refractivity contribution >= 4 is 78.6 Å². The summed E-state index contributed by atoms with van der Waals surface area (Å²) in [6.07, 6.45) is 4.75. The molecule has 10 heteroatoms. The Bertz CT molecular complexity index is 1240. The van der Waals surface area contributed by atoms with Crippen LogP contribution in [0.1, 0.15) is 16.9 Å². The van der Waals surface area contributed by atoms with Crippen molar-refractivity contribution in [2.24, 2.45) is 10.2 Å². The monoisotopic (exact) mass is 593 g/mol. The molecule has 6 nitrogen and oxygen atoms in total. The van der Waals surface area contributed by atoms with Gasteiger partial charge in [0.05, 0.1) is 28.4 Å². The SMILES string of the molecule is O=C1/C(=C/c2cc(Br)cc(Br)c2O)S/C(=N/N=C\c2ccc(Cl)cc2)N1Cc1ccco1. The van der Waals surface area contributed by atoms with Gasteiger partial charge in [0, 0.05) is 15.1 Å². The Morgan fingerprint density at radius 2 is 1.97 bits per heavy atom. The molecule has 32 heavy (non-hydrogen) atoms. The molecule has 1 fully saturated rings. The number of aromatic hydroxyl groups is 1. The molecule has 0 spiro atoms. The molecule has 0 saturated carbocycles. The van der Waals surface area contributed by atoms with Gasteiger partial charge >= 0.3 is 0 Å². The highest BCUT2D eigenvalue weighted by Crippen LogP contribution is 2.38. The van der Waals surface area contributed by atoms with Crippen LogP contribution in [-0.4, -0.2) is 27.3 Å². The maximum Gasteiger partial charge on any atom is 0.267 e. The van der Waals surface area contributed by atoms with Gasteiger partial charge in [0.1, 0.15) is 11.5 Å². The van der Waals surface area contributed by atoms with Crippen molar-refractivity contribution in [2.45, 2.75) is 6.54 Å². The number of amidine groups is 1. The smallest absolute Gasteiger partial charge is 0.267 e. The number of amides is 1. The van der Waals surface area contributed by atoms with Gasteiger partial charge in [0.2, 0.25) is 0 Å². The minimum atomic E-state index is -0.262. The number of thioether (sulfide) groups is 1. The van der Waals surface area contributed by atoms with E-state index in [1.807, 2.05) is 12.1 Å². The summed E-state index contributed by atoms with van der Waals surface area (Å²) in [5.74, 6) is 0.391. The number of nitrogens with zero attached hydrogens (tertiary/aromatic N) is 3. The van der Waals surface area contributed by atoms with Crippen LogP contribution in [-0.2, 0) is 11.3 Å². The molecule has 2 heterocycles. The Hall–Kier alpha value is -2.33. The summed E-state index contributed by atoms with van der Waals surface area (Å²) in [4.78, 5) is 15.0. The van der Waals surface area contributed by atoms with Crippen LogP contribution >= 0.6 is 55.2 Å². The summed E-state index contributed by atoms with van der Waals surface area (Å²) in [5.41, 5.74) is 1.32. The Morgan fingerprint density at radius 1 is 1.19 bits per heavy atom. The average molecular weight is 596 g/mol. The van der Waals surface area contributed by atoms with Crippen molar-refractivity contribution in [1.82, 2.24) is 4.90 Å². The quantitative estimate of drug-likeness (QED) is 0.203. The first kappa shape index (κ1) is 22.8. The summed E-state index contributed by atoms with van der Waals surface area (Å²) in [6, 6.07) is 14.1. The molecule has 4 rings (SSSR count). The van der Waals surface area contributed by atoms with Gasteiger partial charge in [-0.05, 0) is 75.7 Å². The number of rotatable bonds is 5. The molecule has 1 N–H and O–H groups in total. The van der Waals surface area contributed by atoms with Crippen molar-refractivity contribution in [2.75, 3.05) is 0 Å². The molecule has 2 aromatic carbocycles. The van der Waals surface area contributed by atoms with E-state index in [2.05, 4.69) is 42.1 Å². The maximum atomic E-state index is 13.1. The predicted molar refractivity (Wildman–Crippen MR) is 135 cm³/mol. The van der Waals surface area contributed by atoms with Crippen LogP contribution in [0.5, 0.6) is 5.75 Å². The van der Waals surface area contributed by atoms with Crippen LogP contribution in [0.4, 0.5) is 0 Å². The number of furan rings is 1. The lowest BCUT2D eigenvalue weighted by molar-refractivity contribution is -0.122. The fourth-order valence-corrected chi connectivity index (χ4v) is 5.12. The van der Waals surface area contributed by atoms with Crippen molar-refractivity contribution in [3.8, 4) is 5.75 Å². The Morgan fingerprint density at radius 3 is 2.69 bits per heavy atom. The number of hydrogen-bond acceptors (Lipinski definition) is 6. The molecule has 1 amide bonds. The second-order valence-electron chi connectivity index (χ2n) is 6.59. The van der Waals surface area contributed by atoms with Crippen LogP contribution in [0.15, 0.2) is 83.3 Å². The normalized spacial score (nSPS) is 16.7. The highest BCUT2D eigenvalue weighted by atomic mass is 79.9. The van der Waals surface area contributed by atoms with E-state index < -0.39 is 0 Å². The molecular formula is C22H14Br2ClN3O3S. The fourth-order valence-electron chi connectivity index (χ4n) is 2.81. The van der Waals surface area contributed by atoms with Crippen LogP contribution in [0, 0.1) is 0 Å². The van der Waals surface area contributed by atoms with Crippen molar-refractivity contribution in [3.63, 3.8) is 0 Å². The van der Waals surface area contributed by atoms with E-state index in [0.717, 1.165) is 10.0 Å². The third kappa shape index (κ3) is 5.35. The lowest BCUT2D eigenvalue weighted by Gasteiger charge is -2.12.